The van der Waals surface area contributed by atoms with E-state index in [0.29, 0.717) is 0 Å². The molecule has 1 fully saturated rings. The first-order valence-corrected chi connectivity index (χ1v) is 6.14. The number of anilines is 1. The molecule has 0 bridgehead atoms. The summed E-state index contributed by atoms with van der Waals surface area (Å²) in [5.74, 6) is -0.857. The van der Waals surface area contributed by atoms with Crippen LogP contribution in [0.1, 0.15) is 39.9 Å². The smallest absolute Gasteiger partial charge is 0.352 e. The molecule has 0 aliphatic heterocycles. The first-order chi connectivity index (χ1) is 8.13. The van der Waals surface area contributed by atoms with E-state index in [1.54, 1.807) is 6.92 Å². The van der Waals surface area contributed by atoms with E-state index < -0.39 is 5.97 Å². The van der Waals surface area contributed by atoms with Crippen LogP contribution in [-0.4, -0.2) is 28.9 Å². The van der Waals surface area contributed by atoms with E-state index in [9.17, 15) is 9.59 Å². The topological polar surface area (TPSA) is 94.3 Å². The van der Waals surface area contributed by atoms with Gasteiger partial charge in [0.2, 0.25) is 0 Å². The number of aromatic nitrogens is 1. The Balaban J connectivity index is 2.13. The van der Waals surface area contributed by atoms with E-state index in [1.165, 1.54) is 0 Å². The van der Waals surface area contributed by atoms with E-state index >= 15 is 0 Å². The van der Waals surface area contributed by atoms with Crippen LogP contribution in [0.4, 0.5) is 5.69 Å². The van der Waals surface area contributed by atoms with Crippen LogP contribution in [0.3, 0.4) is 0 Å². The lowest BCUT2D eigenvalue weighted by Gasteiger charge is -2.01. The Morgan fingerprint density at radius 2 is 2.29 bits per heavy atom. The molecule has 1 heterocycles. The second kappa shape index (κ2) is 4.70. The highest BCUT2D eigenvalue weighted by molar-refractivity contribution is 7.08. The van der Waals surface area contributed by atoms with Crippen LogP contribution in [0.15, 0.2) is 0 Å². The highest BCUT2D eigenvalue weighted by Crippen LogP contribution is 2.24. The zero-order chi connectivity index (χ0) is 12.4. The summed E-state index contributed by atoms with van der Waals surface area (Å²) in [7, 11) is 0. The van der Waals surface area contributed by atoms with Gasteiger partial charge in [-0.1, -0.05) is 0 Å². The van der Waals surface area contributed by atoms with Gasteiger partial charge in [-0.2, -0.15) is 4.37 Å². The van der Waals surface area contributed by atoms with Crippen LogP contribution in [0.25, 0.3) is 0 Å². The molecule has 17 heavy (non-hydrogen) atoms. The molecule has 0 spiro atoms. The van der Waals surface area contributed by atoms with Crippen LogP contribution in [0.2, 0.25) is 0 Å². The van der Waals surface area contributed by atoms with Crippen LogP contribution in [-0.2, 0) is 4.74 Å². The van der Waals surface area contributed by atoms with E-state index in [-0.39, 0.29) is 34.8 Å². The Morgan fingerprint density at radius 1 is 1.59 bits per heavy atom. The Kier molecular flexibility index (Phi) is 3.28. The average Bonchev–Trinajstić information content (AvgIpc) is 2.99. The monoisotopic (exact) mass is 255 g/mol. The molecule has 0 unspecified atom stereocenters. The first-order valence-electron chi connectivity index (χ1n) is 5.36. The molecule has 2 rings (SSSR count). The summed E-state index contributed by atoms with van der Waals surface area (Å²) >= 11 is 0.890. The maximum atomic E-state index is 11.7. The molecule has 1 aromatic rings. The molecular weight excluding hydrogens is 242 g/mol. The van der Waals surface area contributed by atoms with Crippen molar-refractivity contribution in [2.24, 2.45) is 0 Å². The lowest BCUT2D eigenvalue weighted by Crippen LogP contribution is -2.26. The number of carbonyl (C=O) groups excluding carboxylic acids is 2. The number of hydrogen-bond donors (Lipinski definition) is 2. The Labute approximate surface area is 102 Å². The standard InChI is InChI=1S/C10H13N3O3S/c1-2-16-10(15)8-6(11)7(13-17-8)9(14)12-5-3-4-5/h5H,2-4,11H2,1H3,(H,12,14). The predicted molar refractivity (Wildman–Crippen MR) is 63.0 cm³/mol. The SMILES string of the molecule is CCOC(=O)c1snc(C(=O)NC2CC2)c1N. The number of ether oxygens (including phenoxy) is 1. The van der Waals surface area contributed by atoms with Crippen LogP contribution >= 0.6 is 11.5 Å². The third kappa shape index (κ3) is 2.55. The minimum absolute atomic E-state index is 0.103. The number of nitrogens with two attached hydrogens (primary N) is 1. The van der Waals surface area contributed by atoms with Gasteiger partial charge in [-0.3, -0.25) is 4.79 Å². The van der Waals surface area contributed by atoms with Crippen molar-refractivity contribution in [3.63, 3.8) is 0 Å². The van der Waals surface area contributed by atoms with Crippen molar-refractivity contribution in [2.75, 3.05) is 12.3 Å². The molecular formula is C10H13N3O3S. The largest absolute Gasteiger partial charge is 0.462 e. The molecule has 6 nitrogen and oxygen atoms in total. The molecule has 1 saturated carbocycles. The molecule has 0 aromatic carbocycles. The van der Waals surface area contributed by atoms with E-state index in [0.717, 1.165) is 24.4 Å². The number of nitrogens with zero attached hydrogens (tertiary/aromatic N) is 1. The Bertz CT molecular complexity index is 454. The molecule has 0 saturated heterocycles. The fourth-order valence-electron chi connectivity index (χ4n) is 1.29. The number of hydrogen-bond acceptors (Lipinski definition) is 6. The van der Waals surface area contributed by atoms with Crippen molar-refractivity contribution in [3.8, 4) is 0 Å². The van der Waals surface area contributed by atoms with Gasteiger partial charge in [-0.05, 0) is 31.3 Å². The van der Waals surface area contributed by atoms with Gasteiger partial charge in [0.15, 0.2) is 10.6 Å². The molecule has 0 atom stereocenters. The Morgan fingerprint density at radius 3 is 2.88 bits per heavy atom. The van der Waals surface area contributed by atoms with Crippen LogP contribution in [0, 0.1) is 0 Å². The van der Waals surface area contributed by atoms with Gasteiger partial charge in [0.05, 0.1) is 12.3 Å². The number of amides is 1. The van der Waals surface area contributed by atoms with Crippen molar-refractivity contribution in [1.29, 1.82) is 0 Å². The third-order valence-corrected chi connectivity index (χ3v) is 3.16. The zero-order valence-corrected chi connectivity index (χ0v) is 10.2. The highest BCUT2D eigenvalue weighted by atomic mass is 32.1. The second-order valence-electron chi connectivity index (χ2n) is 3.74. The van der Waals surface area contributed by atoms with Gasteiger partial charge < -0.3 is 15.8 Å². The molecule has 3 N–H and O–H groups in total. The molecule has 0 radical (unpaired) electrons. The quantitative estimate of drug-likeness (QED) is 0.776. The summed E-state index contributed by atoms with van der Waals surface area (Å²) in [4.78, 5) is 23.4. The first kappa shape index (κ1) is 11.8. The lowest BCUT2D eigenvalue weighted by molar-refractivity contribution is 0.0533. The summed E-state index contributed by atoms with van der Waals surface area (Å²) in [6, 6.07) is 0.231. The predicted octanol–water partition coefficient (Wildman–Crippen LogP) is 0.794. The second-order valence-corrected chi connectivity index (χ2v) is 4.52. The normalized spacial score (nSPS) is 14.4. The van der Waals surface area contributed by atoms with E-state index in [4.69, 9.17) is 10.5 Å². The van der Waals surface area contributed by atoms with Gasteiger partial charge in [0.1, 0.15) is 0 Å². The summed E-state index contributed by atoms with van der Waals surface area (Å²) in [6.45, 7) is 1.97. The van der Waals surface area contributed by atoms with Crippen molar-refractivity contribution < 1.29 is 14.3 Å². The van der Waals surface area contributed by atoms with Crippen molar-refractivity contribution in [2.45, 2.75) is 25.8 Å². The Hall–Kier alpha value is -1.63. The summed E-state index contributed by atoms with van der Waals surface area (Å²) in [6.07, 6.45) is 1.97. The number of carbonyl (C=O) groups is 2. The van der Waals surface area contributed by atoms with Gasteiger partial charge >= 0.3 is 5.97 Å². The van der Waals surface area contributed by atoms with E-state index in [2.05, 4.69) is 9.69 Å². The van der Waals surface area contributed by atoms with Gasteiger partial charge in [-0.25, -0.2) is 4.79 Å². The van der Waals surface area contributed by atoms with Crippen molar-refractivity contribution >= 4 is 29.1 Å². The number of rotatable bonds is 4. The molecule has 92 valence electrons. The van der Waals surface area contributed by atoms with Crippen molar-refractivity contribution in [3.05, 3.63) is 10.6 Å². The highest BCUT2D eigenvalue weighted by Gasteiger charge is 2.28. The molecule has 7 heteroatoms. The zero-order valence-electron chi connectivity index (χ0n) is 9.36. The fourth-order valence-corrected chi connectivity index (χ4v) is 1.98. The summed E-state index contributed by atoms with van der Waals surface area (Å²) < 4.78 is 8.72. The molecule has 1 aliphatic rings. The van der Waals surface area contributed by atoms with Crippen molar-refractivity contribution in [1.82, 2.24) is 9.69 Å². The maximum Gasteiger partial charge on any atom is 0.352 e. The molecule has 1 aromatic heterocycles. The minimum Gasteiger partial charge on any atom is -0.462 e. The van der Waals surface area contributed by atoms with Crippen LogP contribution in [0.5, 0.6) is 0 Å². The number of esters is 1. The summed E-state index contributed by atoms with van der Waals surface area (Å²) in [5, 5.41) is 2.77. The van der Waals surface area contributed by atoms with E-state index in [1.807, 2.05) is 0 Å². The third-order valence-electron chi connectivity index (χ3n) is 2.32. The molecule has 1 aliphatic carbocycles. The van der Waals surface area contributed by atoms with Crippen LogP contribution < -0.4 is 11.1 Å². The molecule has 1 amide bonds. The fraction of sp³-hybridized carbons (Fsp3) is 0.500. The van der Waals surface area contributed by atoms with Gasteiger partial charge in [-0.15, -0.1) is 0 Å². The number of nitrogens with one attached hydrogen (secondary N) is 1. The number of nitrogen functional groups attached to an aromatic ring is 1. The average molecular weight is 255 g/mol. The lowest BCUT2D eigenvalue weighted by atomic mass is 10.3. The minimum atomic E-state index is -0.534. The van der Waals surface area contributed by atoms with Gasteiger partial charge in [0, 0.05) is 6.04 Å². The summed E-state index contributed by atoms with van der Waals surface area (Å²) in [5.41, 5.74) is 5.94. The maximum absolute atomic E-state index is 11.7. The van der Waals surface area contributed by atoms with Gasteiger partial charge in [0.25, 0.3) is 5.91 Å².